The summed E-state index contributed by atoms with van der Waals surface area (Å²) in [6.07, 6.45) is 2.77. The highest BCUT2D eigenvalue weighted by Crippen LogP contribution is 2.25. The average molecular weight is 283 g/mol. The monoisotopic (exact) mass is 283 g/mol. The minimum Gasteiger partial charge on any atom is -0.478 e. The molecule has 1 fully saturated rings. The smallest absolute Gasteiger partial charge is 0.336 e. The Morgan fingerprint density at radius 2 is 1.80 bits per heavy atom. The van der Waals surface area contributed by atoms with Gasteiger partial charge in [-0.3, -0.25) is 4.79 Å². The highest BCUT2D eigenvalue weighted by molar-refractivity contribution is 6.04. The van der Waals surface area contributed by atoms with E-state index in [2.05, 4.69) is 5.32 Å². The number of rotatable bonds is 3. The molecule has 2 atom stereocenters. The van der Waals surface area contributed by atoms with E-state index in [9.17, 15) is 18.4 Å². The molecule has 2 unspecified atom stereocenters. The number of hydrogen-bond acceptors (Lipinski definition) is 2. The zero-order valence-corrected chi connectivity index (χ0v) is 11.0. The molecule has 20 heavy (non-hydrogen) atoms. The lowest BCUT2D eigenvalue weighted by Crippen LogP contribution is -2.37. The van der Waals surface area contributed by atoms with Gasteiger partial charge in [0.05, 0.1) is 11.1 Å². The van der Waals surface area contributed by atoms with Gasteiger partial charge in [0.15, 0.2) is 11.6 Å². The number of benzene rings is 1. The van der Waals surface area contributed by atoms with Crippen molar-refractivity contribution in [3.8, 4) is 0 Å². The van der Waals surface area contributed by atoms with Crippen LogP contribution in [0, 0.1) is 17.6 Å². The predicted molar refractivity (Wildman–Crippen MR) is 67.6 cm³/mol. The third kappa shape index (κ3) is 2.79. The molecule has 0 spiro atoms. The SMILES string of the molecule is CC1CCCC1NC(=O)c1cc(F)c(F)cc1C(=O)O. The molecule has 108 valence electrons. The topological polar surface area (TPSA) is 66.4 Å². The zero-order chi connectivity index (χ0) is 14.9. The Morgan fingerprint density at radius 3 is 2.30 bits per heavy atom. The molecule has 0 aliphatic heterocycles. The molecule has 0 bridgehead atoms. The van der Waals surface area contributed by atoms with Gasteiger partial charge in [-0.15, -0.1) is 0 Å². The summed E-state index contributed by atoms with van der Waals surface area (Å²) in [5, 5.41) is 11.7. The lowest BCUT2D eigenvalue weighted by molar-refractivity contribution is 0.0689. The number of amides is 1. The first-order valence-corrected chi connectivity index (χ1v) is 6.43. The molecular formula is C14H15F2NO3. The second kappa shape index (κ2) is 5.56. The summed E-state index contributed by atoms with van der Waals surface area (Å²) in [4.78, 5) is 23.1. The van der Waals surface area contributed by atoms with Crippen molar-refractivity contribution in [3.63, 3.8) is 0 Å². The van der Waals surface area contributed by atoms with Crippen LogP contribution in [0.1, 0.15) is 46.9 Å². The van der Waals surface area contributed by atoms with Crippen molar-refractivity contribution in [2.75, 3.05) is 0 Å². The first-order chi connectivity index (χ1) is 9.40. The van der Waals surface area contributed by atoms with Gasteiger partial charge in [0.25, 0.3) is 5.91 Å². The van der Waals surface area contributed by atoms with Gasteiger partial charge in [-0.1, -0.05) is 13.3 Å². The van der Waals surface area contributed by atoms with Crippen molar-refractivity contribution in [2.45, 2.75) is 32.2 Å². The Labute approximate surface area is 114 Å². The van der Waals surface area contributed by atoms with E-state index < -0.39 is 29.1 Å². The van der Waals surface area contributed by atoms with E-state index in [1.807, 2.05) is 6.92 Å². The van der Waals surface area contributed by atoms with E-state index in [-0.39, 0.29) is 17.5 Å². The number of nitrogens with one attached hydrogen (secondary N) is 1. The number of carboxylic acid groups (broad SMARTS) is 1. The summed E-state index contributed by atoms with van der Waals surface area (Å²) < 4.78 is 26.3. The number of hydrogen-bond donors (Lipinski definition) is 2. The summed E-state index contributed by atoms with van der Waals surface area (Å²) in [6.45, 7) is 1.99. The van der Waals surface area contributed by atoms with Gasteiger partial charge >= 0.3 is 5.97 Å². The number of halogens is 2. The molecule has 1 aliphatic rings. The van der Waals surface area contributed by atoms with Crippen molar-refractivity contribution >= 4 is 11.9 Å². The van der Waals surface area contributed by atoms with Crippen LogP contribution in [0.2, 0.25) is 0 Å². The van der Waals surface area contributed by atoms with E-state index in [1.165, 1.54) is 0 Å². The van der Waals surface area contributed by atoms with Gasteiger partial charge in [0.1, 0.15) is 0 Å². The quantitative estimate of drug-likeness (QED) is 0.896. The molecule has 1 saturated carbocycles. The number of carboxylic acids is 1. The fourth-order valence-electron chi connectivity index (χ4n) is 2.52. The normalized spacial score (nSPS) is 21.8. The maximum Gasteiger partial charge on any atom is 0.336 e. The van der Waals surface area contributed by atoms with E-state index in [1.54, 1.807) is 0 Å². The fraction of sp³-hybridized carbons (Fsp3) is 0.429. The lowest BCUT2D eigenvalue weighted by Gasteiger charge is -2.18. The van der Waals surface area contributed by atoms with Crippen LogP contribution in [-0.4, -0.2) is 23.0 Å². The first kappa shape index (κ1) is 14.4. The summed E-state index contributed by atoms with van der Waals surface area (Å²) in [6, 6.07) is 1.11. The number of aromatic carboxylic acids is 1. The van der Waals surface area contributed by atoms with Crippen molar-refractivity contribution in [2.24, 2.45) is 5.92 Å². The Hall–Kier alpha value is -1.98. The van der Waals surface area contributed by atoms with Crippen LogP contribution in [0.4, 0.5) is 8.78 Å². The van der Waals surface area contributed by atoms with Crippen LogP contribution >= 0.6 is 0 Å². The molecule has 0 aromatic heterocycles. The van der Waals surface area contributed by atoms with Gasteiger partial charge < -0.3 is 10.4 Å². The third-order valence-electron chi connectivity index (χ3n) is 3.71. The molecule has 1 aromatic carbocycles. The summed E-state index contributed by atoms with van der Waals surface area (Å²) in [5.74, 6) is -4.38. The van der Waals surface area contributed by atoms with Crippen LogP contribution in [0.15, 0.2) is 12.1 Å². The van der Waals surface area contributed by atoms with Gasteiger partial charge in [0, 0.05) is 6.04 Å². The molecule has 4 nitrogen and oxygen atoms in total. The Balaban J connectivity index is 2.29. The van der Waals surface area contributed by atoms with Crippen LogP contribution in [0.25, 0.3) is 0 Å². The van der Waals surface area contributed by atoms with Crippen molar-refractivity contribution in [3.05, 3.63) is 34.9 Å². The van der Waals surface area contributed by atoms with Crippen LogP contribution in [0.3, 0.4) is 0 Å². The third-order valence-corrected chi connectivity index (χ3v) is 3.71. The molecule has 2 rings (SSSR count). The zero-order valence-electron chi connectivity index (χ0n) is 11.0. The molecule has 6 heteroatoms. The molecule has 1 aromatic rings. The second-order valence-electron chi connectivity index (χ2n) is 5.11. The van der Waals surface area contributed by atoms with Crippen LogP contribution in [0.5, 0.6) is 0 Å². The molecule has 1 amide bonds. The number of carbonyl (C=O) groups is 2. The molecule has 0 heterocycles. The standard InChI is InChI=1S/C14H15F2NO3/c1-7-3-2-4-12(7)17-13(18)8-5-10(15)11(16)6-9(8)14(19)20/h5-7,12H,2-4H2,1H3,(H,17,18)(H,19,20). The number of carbonyl (C=O) groups excluding carboxylic acids is 1. The highest BCUT2D eigenvalue weighted by Gasteiger charge is 2.27. The second-order valence-corrected chi connectivity index (χ2v) is 5.11. The van der Waals surface area contributed by atoms with Gasteiger partial charge in [0.2, 0.25) is 0 Å². The van der Waals surface area contributed by atoms with Crippen LogP contribution < -0.4 is 5.32 Å². The van der Waals surface area contributed by atoms with Crippen LogP contribution in [-0.2, 0) is 0 Å². The maximum absolute atomic E-state index is 13.2. The minimum absolute atomic E-state index is 0.0581. The van der Waals surface area contributed by atoms with Crippen molar-refractivity contribution in [1.29, 1.82) is 0 Å². The Bertz CT molecular complexity index is 560. The Kier molecular flexibility index (Phi) is 4.01. The van der Waals surface area contributed by atoms with Gasteiger partial charge in [-0.25, -0.2) is 13.6 Å². The molecule has 0 radical (unpaired) electrons. The first-order valence-electron chi connectivity index (χ1n) is 6.43. The summed E-state index contributed by atoms with van der Waals surface area (Å²) >= 11 is 0. The molecule has 0 saturated heterocycles. The van der Waals surface area contributed by atoms with Crippen molar-refractivity contribution < 1.29 is 23.5 Å². The average Bonchev–Trinajstić information content (AvgIpc) is 2.77. The van der Waals surface area contributed by atoms with Gasteiger partial charge in [-0.2, -0.15) is 0 Å². The highest BCUT2D eigenvalue weighted by atomic mass is 19.2. The lowest BCUT2D eigenvalue weighted by atomic mass is 10.0. The van der Waals surface area contributed by atoms with E-state index in [0.717, 1.165) is 19.3 Å². The van der Waals surface area contributed by atoms with Gasteiger partial charge in [-0.05, 0) is 30.9 Å². The van der Waals surface area contributed by atoms with Crippen molar-refractivity contribution in [1.82, 2.24) is 5.32 Å². The molecule has 1 aliphatic carbocycles. The Morgan fingerprint density at radius 1 is 1.20 bits per heavy atom. The van der Waals surface area contributed by atoms with E-state index >= 15 is 0 Å². The minimum atomic E-state index is -1.46. The molecule has 2 N–H and O–H groups in total. The maximum atomic E-state index is 13.2. The van der Waals surface area contributed by atoms with E-state index in [0.29, 0.717) is 12.1 Å². The fourth-order valence-corrected chi connectivity index (χ4v) is 2.52. The molecular weight excluding hydrogens is 268 g/mol. The summed E-state index contributed by atoms with van der Waals surface area (Å²) in [5.41, 5.74) is -0.887. The largest absolute Gasteiger partial charge is 0.478 e. The summed E-state index contributed by atoms with van der Waals surface area (Å²) in [7, 11) is 0. The van der Waals surface area contributed by atoms with E-state index in [4.69, 9.17) is 5.11 Å². The predicted octanol–water partition coefficient (Wildman–Crippen LogP) is 2.58.